The summed E-state index contributed by atoms with van der Waals surface area (Å²) in [5.41, 5.74) is 0. The highest BCUT2D eigenvalue weighted by molar-refractivity contribution is 7.91. The van der Waals surface area contributed by atoms with Crippen LogP contribution in [0.25, 0.3) is 0 Å². The minimum atomic E-state index is -3.68. The lowest BCUT2D eigenvalue weighted by Gasteiger charge is -2.24. The number of amides is 1. The van der Waals surface area contributed by atoms with Crippen molar-refractivity contribution in [1.82, 2.24) is 14.9 Å². The van der Waals surface area contributed by atoms with E-state index in [0.29, 0.717) is 12.5 Å². The molecule has 0 atom stereocenters. The number of alkyl halides is 1. The van der Waals surface area contributed by atoms with Crippen LogP contribution in [-0.2, 0) is 14.8 Å². The topological polar surface area (TPSA) is 101 Å². The van der Waals surface area contributed by atoms with Crippen LogP contribution in [0.4, 0.5) is 5.13 Å². The number of aromatic nitrogens is 2. The Morgan fingerprint density at radius 1 is 1.33 bits per heavy atom. The minimum Gasteiger partial charge on any atom is -0.301 e. The molecular formula is C11H17ClN4O3S2. The fourth-order valence-corrected chi connectivity index (χ4v) is 4.49. The summed E-state index contributed by atoms with van der Waals surface area (Å²) in [6.45, 7) is 1.70. The molecule has 10 heteroatoms. The molecule has 1 aromatic heterocycles. The normalized spacial score (nSPS) is 23.0. The Balaban J connectivity index is 1.92. The smallest absolute Gasteiger partial charge is 0.269 e. The van der Waals surface area contributed by atoms with Gasteiger partial charge in [-0.2, -0.15) is 0 Å². The van der Waals surface area contributed by atoms with E-state index in [0.717, 1.165) is 37.0 Å². The molecule has 0 aliphatic heterocycles. The summed E-state index contributed by atoms with van der Waals surface area (Å²) in [5, 5.41) is 10.0. The minimum absolute atomic E-state index is 0.141. The number of rotatable bonds is 5. The Morgan fingerprint density at radius 3 is 2.62 bits per heavy atom. The van der Waals surface area contributed by atoms with Gasteiger partial charge in [-0.15, -0.1) is 21.8 Å². The fraction of sp³-hybridized carbons (Fsp3) is 0.727. The van der Waals surface area contributed by atoms with Crippen molar-refractivity contribution in [2.24, 2.45) is 5.92 Å². The van der Waals surface area contributed by atoms with E-state index in [9.17, 15) is 13.2 Å². The van der Waals surface area contributed by atoms with E-state index in [1.807, 2.05) is 0 Å². The van der Waals surface area contributed by atoms with Gasteiger partial charge >= 0.3 is 0 Å². The first-order valence-corrected chi connectivity index (χ1v) is 9.35. The van der Waals surface area contributed by atoms with Gasteiger partial charge in [0.2, 0.25) is 15.4 Å². The number of nitrogens with one attached hydrogen (secondary N) is 2. The van der Waals surface area contributed by atoms with Crippen LogP contribution in [0.2, 0.25) is 0 Å². The second-order valence-corrected chi connectivity index (χ2v) is 8.56. The van der Waals surface area contributed by atoms with Gasteiger partial charge in [-0.25, -0.2) is 13.1 Å². The van der Waals surface area contributed by atoms with E-state index in [2.05, 4.69) is 20.2 Å². The van der Waals surface area contributed by atoms with Crippen molar-refractivity contribution in [1.29, 1.82) is 0 Å². The van der Waals surface area contributed by atoms with Crippen molar-refractivity contribution < 1.29 is 13.2 Å². The number of nitrogens with zero attached hydrogens (tertiary/aromatic N) is 2. The summed E-state index contributed by atoms with van der Waals surface area (Å²) in [5.74, 6) is -0.0154. The van der Waals surface area contributed by atoms with Crippen molar-refractivity contribution in [2.75, 3.05) is 11.9 Å². The van der Waals surface area contributed by atoms with Crippen LogP contribution in [0.3, 0.4) is 0 Å². The van der Waals surface area contributed by atoms with Crippen molar-refractivity contribution in [3.63, 3.8) is 0 Å². The standard InChI is InChI=1S/C11H17ClN4O3S2/c1-7(17)14-10-15-16-11(20-10)21(18,19)13-6-8-2-4-9(12)5-3-8/h8-9,13H,2-6H2,1H3,(H,14,15,17). The zero-order valence-corrected chi connectivity index (χ0v) is 13.9. The monoisotopic (exact) mass is 352 g/mol. The number of carbonyl (C=O) groups is 1. The van der Waals surface area contributed by atoms with E-state index in [1.54, 1.807) is 0 Å². The molecule has 2 rings (SSSR count). The molecule has 21 heavy (non-hydrogen) atoms. The number of hydrogen-bond acceptors (Lipinski definition) is 6. The van der Waals surface area contributed by atoms with Gasteiger partial charge in [0.25, 0.3) is 10.0 Å². The summed E-state index contributed by atoms with van der Waals surface area (Å²) >= 11 is 6.85. The molecule has 0 unspecified atom stereocenters. The summed E-state index contributed by atoms with van der Waals surface area (Å²) in [7, 11) is -3.68. The third-order valence-corrected chi connectivity index (χ3v) is 6.32. The lowest BCUT2D eigenvalue weighted by Crippen LogP contribution is -2.31. The molecule has 2 N–H and O–H groups in total. The predicted molar refractivity (Wildman–Crippen MR) is 81.0 cm³/mol. The van der Waals surface area contributed by atoms with Gasteiger partial charge in [0, 0.05) is 18.8 Å². The highest BCUT2D eigenvalue weighted by Crippen LogP contribution is 2.27. The number of carbonyl (C=O) groups excluding carboxylic acids is 1. The van der Waals surface area contributed by atoms with Crippen LogP contribution in [-0.4, -0.2) is 36.4 Å². The van der Waals surface area contributed by atoms with Crippen LogP contribution in [0, 0.1) is 5.92 Å². The first kappa shape index (κ1) is 16.6. The Labute approximate surface area is 132 Å². The molecular weight excluding hydrogens is 336 g/mol. The van der Waals surface area contributed by atoms with Crippen molar-refractivity contribution in [2.45, 2.75) is 42.3 Å². The van der Waals surface area contributed by atoms with Crippen molar-refractivity contribution >= 4 is 44.0 Å². The number of hydrogen-bond donors (Lipinski definition) is 2. The third-order valence-electron chi connectivity index (χ3n) is 3.26. The SMILES string of the molecule is CC(=O)Nc1nnc(S(=O)(=O)NCC2CCC(Cl)CC2)s1. The molecule has 1 aliphatic carbocycles. The Hall–Kier alpha value is -0.770. The third kappa shape index (κ3) is 4.87. The quantitative estimate of drug-likeness (QED) is 0.618. The first-order valence-electron chi connectivity index (χ1n) is 6.61. The molecule has 1 aliphatic rings. The molecule has 1 aromatic rings. The van der Waals surface area contributed by atoms with Gasteiger partial charge in [0.05, 0.1) is 0 Å². The molecule has 1 fully saturated rings. The molecule has 1 amide bonds. The predicted octanol–water partition coefficient (Wildman–Crippen LogP) is 1.57. The Morgan fingerprint density at radius 2 is 2.00 bits per heavy atom. The molecule has 1 saturated carbocycles. The van der Waals surface area contributed by atoms with Crippen LogP contribution < -0.4 is 10.0 Å². The molecule has 1 heterocycles. The van der Waals surface area contributed by atoms with E-state index in [4.69, 9.17) is 11.6 Å². The maximum atomic E-state index is 12.1. The fourth-order valence-electron chi connectivity index (χ4n) is 2.13. The average molecular weight is 353 g/mol. The van der Waals surface area contributed by atoms with Crippen LogP contribution in [0.5, 0.6) is 0 Å². The van der Waals surface area contributed by atoms with Gasteiger partial charge < -0.3 is 5.32 Å². The molecule has 0 aromatic carbocycles. The second kappa shape index (κ2) is 6.99. The summed E-state index contributed by atoms with van der Waals surface area (Å²) < 4.78 is 26.6. The first-order chi connectivity index (χ1) is 9.87. The number of halogens is 1. The van der Waals surface area contributed by atoms with Crippen LogP contribution in [0.1, 0.15) is 32.6 Å². The van der Waals surface area contributed by atoms with E-state index in [-0.39, 0.29) is 20.8 Å². The van der Waals surface area contributed by atoms with Gasteiger partial charge in [0.15, 0.2) is 0 Å². The maximum Gasteiger partial charge on any atom is 0.269 e. The zero-order chi connectivity index (χ0) is 15.5. The van der Waals surface area contributed by atoms with E-state index in [1.165, 1.54) is 6.92 Å². The Kier molecular flexibility index (Phi) is 5.53. The highest BCUT2D eigenvalue weighted by Gasteiger charge is 2.24. The van der Waals surface area contributed by atoms with Gasteiger partial charge in [-0.05, 0) is 31.6 Å². The largest absolute Gasteiger partial charge is 0.301 e. The summed E-state index contributed by atoms with van der Waals surface area (Å²) in [6.07, 6.45) is 3.67. The van der Waals surface area contributed by atoms with Crippen molar-refractivity contribution in [3.05, 3.63) is 0 Å². The van der Waals surface area contributed by atoms with Crippen molar-refractivity contribution in [3.8, 4) is 0 Å². The maximum absolute atomic E-state index is 12.1. The van der Waals surface area contributed by atoms with Gasteiger partial charge in [0.1, 0.15) is 0 Å². The number of sulfonamides is 1. The molecule has 0 bridgehead atoms. The molecule has 118 valence electrons. The number of anilines is 1. The molecule has 0 saturated heterocycles. The lowest BCUT2D eigenvalue weighted by molar-refractivity contribution is -0.114. The molecule has 0 radical (unpaired) electrons. The molecule has 7 nitrogen and oxygen atoms in total. The summed E-state index contributed by atoms with van der Waals surface area (Å²) in [4.78, 5) is 10.9. The van der Waals surface area contributed by atoms with Gasteiger partial charge in [-0.3, -0.25) is 4.79 Å². The van der Waals surface area contributed by atoms with Crippen LogP contribution in [0.15, 0.2) is 4.34 Å². The second-order valence-electron chi connectivity index (χ2n) is 5.02. The van der Waals surface area contributed by atoms with E-state index >= 15 is 0 Å². The van der Waals surface area contributed by atoms with Crippen LogP contribution >= 0.6 is 22.9 Å². The van der Waals surface area contributed by atoms with Gasteiger partial charge in [-0.1, -0.05) is 11.3 Å². The Bertz CT molecular complexity index is 596. The summed E-state index contributed by atoms with van der Waals surface area (Å²) in [6, 6.07) is 0. The highest BCUT2D eigenvalue weighted by atomic mass is 35.5. The molecule has 0 spiro atoms. The lowest BCUT2D eigenvalue weighted by atomic mass is 9.89. The zero-order valence-electron chi connectivity index (χ0n) is 11.5. The average Bonchev–Trinajstić information content (AvgIpc) is 2.86. The van der Waals surface area contributed by atoms with E-state index < -0.39 is 10.0 Å².